The van der Waals surface area contributed by atoms with Gasteiger partial charge < -0.3 is 10.0 Å². The molecule has 1 N–H and O–H groups in total. The summed E-state index contributed by atoms with van der Waals surface area (Å²) in [7, 11) is 0. The van der Waals surface area contributed by atoms with Gasteiger partial charge in [-0.3, -0.25) is 9.59 Å². The van der Waals surface area contributed by atoms with Crippen molar-refractivity contribution >= 4 is 11.9 Å². The maximum Gasteiger partial charge on any atom is 0.314 e. The number of hydrogen-bond acceptors (Lipinski definition) is 2. The van der Waals surface area contributed by atoms with Gasteiger partial charge in [0.1, 0.15) is 0 Å². The summed E-state index contributed by atoms with van der Waals surface area (Å²) in [6, 6.07) is 9.59. The Bertz CT molecular complexity index is 821. The first-order valence-electron chi connectivity index (χ1n) is 11.3. The molecule has 4 aliphatic carbocycles. The van der Waals surface area contributed by atoms with Crippen LogP contribution in [0.5, 0.6) is 0 Å². The molecule has 1 aromatic rings. The molecule has 4 saturated carbocycles. The Morgan fingerprint density at radius 3 is 2.03 bits per heavy atom. The first-order valence-corrected chi connectivity index (χ1v) is 11.3. The van der Waals surface area contributed by atoms with E-state index >= 15 is 0 Å². The molecule has 5 fully saturated rings. The molecule has 4 nitrogen and oxygen atoms in total. The number of piperidine rings is 1. The lowest BCUT2D eigenvalue weighted by Crippen LogP contribution is -2.61. The van der Waals surface area contributed by atoms with Crippen LogP contribution in [0.25, 0.3) is 0 Å². The third kappa shape index (κ3) is 2.85. The molecule has 1 saturated heterocycles. The molecule has 4 bridgehead atoms. The number of carbonyl (C=O) groups is 2. The summed E-state index contributed by atoms with van der Waals surface area (Å²) < 4.78 is 0. The zero-order chi connectivity index (χ0) is 20.5. The quantitative estimate of drug-likeness (QED) is 0.812. The Hall–Kier alpha value is -1.84. The van der Waals surface area contributed by atoms with Gasteiger partial charge in [0.15, 0.2) is 0 Å². The van der Waals surface area contributed by atoms with E-state index in [1.165, 1.54) is 19.3 Å². The highest BCUT2D eigenvalue weighted by Crippen LogP contribution is 2.70. The molecular formula is C25H33NO3. The number of amides is 1. The number of aliphatic carboxylic acids is 1. The lowest BCUT2D eigenvalue weighted by Gasteiger charge is -2.65. The van der Waals surface area contributed by atoms with Crippen LogP contribution in [0.2, 0.25) is 0 Å². The molecule has 2 unspecified atom stereocenters. The fourth-order valence-corrected chi connectivity index (χ4v) is 8.50. The molecule has 1 heterocycles. The Labute approximate surface area is 173 Å². The molecule has 4 heteroatoms. The summed E-state index contributed by atoms with van der Waals surface area (Å²) in [6.07, 6.45) is 7.96. The van der Waals surface area contributed by atoms with Crippen molar-refractivity contribution in [2.75, 3.05) is 13.1 Å². The van der Waals surface area contributed by atoms with Gasteiger partial charge in [-0.2, -0.15) is 0 Å². The second-order valence-corrected chi connectivity index (χ2v) is 11.5. The van der Waals surface area contributed by atoms with E-state index < -0.39 is 11.4 Å². The van der Waals surface area contributed by atoms with E-state index in [1.54, 1.807) is 0 Å². The highest BCUT2D eigenvalue weighted by Gasteiger charge is 2.63. The topological polar surface area (TPSA) is 57.6 Å². The molecule has 0 radical (unpaired) electrons. The highest BCUT2D eigenvalue weighted by atomic mass is 16.4. The van der Waals surface area contributed by atoms with Crippen molar-refractivity contribution in [3.8, 4) is 0 Å². The second-order valence-electron chi connectivity index (χ2n) is 11.5. The number of likely N-dealkylation sites (tertiary alicyclic amines) is 1. The SMILES string of the molecule is CC12CC3CC(C)(C1)CC(C(=O)N1CCC(C(=O)O)(c4ccccc4)CC1)(C3)C2. The summed E-state index contributed by atoms with van der Waals surface area (Å²) in [4.78, 5) is 28.1. The van der Waals surface area contributed by atoms with Gasteiger partial charge in [0.2, 0.25) is 5.91 Å². The molecule has 1 aliphatic heterocycles. The zero-order valence-corrected chi connectivity index (χ0v) is 17.7. The summed E-state index contributed by atoms with van der Waals surface area (Å²) >= 11 is 0. The first-order chi connectivity index (χ1) is 13.7. The minimum Gasteiger partial charge on any atom is -0.481 e. The number of benzene rings is 1. The summed E-state index contributed by atoms with van der Waals surface area (Å²) in [6.45, 7) is 5.91. The minimum atomic E-state index is -0.864. The monoisotopic (exact) mass is 395 g/mol. The number of carboxylic acid groups (broad SMARTS) is 1. The normalized spacial score (nSPS) is 40.1. The van der Waals surface area contributed by atoms with E-state index in [2.05, 4.69) is 13.8 Å². The van der Waals surface area contributed by atoms with Gasteiger partial charge >= 0.3 is 5.97 Å². The molecular weight excluding hydrogens is 362 g/mol. The maximum atomic E-state index is 13.8. The van der Waals surface area contributed by atoms with Crippen LogP contribution in [0.3, 0.4) is 0 Å². The number of carbonyl (C=O) groups excluding carboxylic acids is 1. The summed E-state index contributed by atoms with van der Waals surface area (Å²) in [5, 5.41) is 10.1. The zero-order valence-electron chi connectivity index (χ0n) is 17.7. The molecule has 0 aromatic heterocycles. The van der Waals surface area contributed by atoms with Crippen molar-refractivity contribution < 1.29 is 14.7 Å². The van der Waals surface area contributed by atoms with Crippen LogP contribution in [-0.4, -0.2) is 35.0 Å². The van der Waals surface area contributed by atoms with Crippen molar-refractivity contribution in [2.45, 2.75) is 70.6 Å². The Morgan fingerprint density at radius 1 is 0.931 bits per heavy atom. The lowest BCUT2D eigenvalue weighted by atomic mass is 9.40. The van der Waals surface area contributed by atoms with Crippen LogP contribution in [0.15, 0.2) is 30.3 Å². The van der Waals surface area contributed by atoms with E-state index in [9.17, 15) is 14.7 Å². The number of carboxylic acids is 1. The fraction of sp³-hybridized carbons (Fsp3) is 0.680. The molecule has 6 rings (SSSR count). The van der Waals surface area contributed by atoms with Crippen molar-refractivity contribution in [3.05, 3.63) is 35.9 Å². The van der Waals surface area contributed by atoms with Crippen LogP contribution in [0.4, 0.5) is 0 Å². The lowest BCUT2D eigenvalue weighted by molar-refractivity contribution is -0.181. The van der Waals surface area contributed by atoms with Crippen molar-refractivity contribution in [2.24, 2.45) is 22.2 Å². The molecule has 1 amide bonds. The fourth-order valence-electron chi connectivity index (χ4n) is 8.50. The summed E-state index contributed by atoms with van der Waals surface area (Å²) in [5.74, 6) is 0.258. The van der Waals surface area contributed by atoms with E-state index in [4.69, 9.17) is 0 Å². The minimum absolute atomic E-state index is 0.196. The van der Waals surface area contributed by atoms with Gasteiger partial charge in [0.25, 0.3) is 0 Å². The number of hydrogen-bond donors (Lipinski definition) is 1. The van der Waals surface area contributed by atoms with E-state index in [-0.39, 0.29) is 5.41 Å². The highest BCUT2D eigenvalue weighted by molar-refractivity contribution is 5.85. The molecule has 5 aliphatic rings. The molecule has 29 heavy (non-hydrogen) atoms. The van der Waals surface area contributed by atoms with Gasteiger partial charge in [-0.25, -0.2) is 0 Å². The first kappa shape index (κ1) is 19.1. The molecule has 1 aromatic carbocycles. The standard InChI is InChI=1S/C25H33NO3/c1-22-12-18-13-23(2,15-22)17-24(14-18,16-22)20(27)26-10-8-25(9-11-26,21(28)29)19-6-4-3-5-7-19/h3-7,18H,8-17H2,1-2H3,(H,28,29). The average molecular weight is 396 g/mol. The molecule has 156 valence electrons. The Kier molecular flexibility index (Phi) is 4.02. The smallest absolute Gasteiger partial charge is 0.314 e. The van der Waals surface area contributed by atoms with Crippen LogP contribution >= 0.6 is 0 Å². The number of rotatable bonds is 3. The van der Waals surface area contributed by atoms with Crippen molar-refractivity contribution in [3.63, 3.8) is 0 Å². The van der Waals surface area contributed by atoms with Crippen LogP contribution in [-0.2, 0) is 15.0 Å². The van der Waals surface area contributed by atoms with Crippen LogP contribution in [0, 0.1) is 22.2 Å². The van der Waals surface area contributed by atoms with Gasteiger partial charge in [-0.15, -0.1) is 0 Å². The predicted octanol–water partition coefficient (Wildman–Crippen LogP) is 4.63. The van der Waals surface area contributed by atoms with Crippen LogP contribution in [0.1, 0.15) is 70.8 Å². The Balaban J connectivity index is 1.37. The Morgan fingerprint density at radius 2 is 1.52 bits per heavy atom. The van der Waals surface area contributed by atoms with Gasteiger partial charge in [0.05, 0.1) is 10.8 Å². The van der Waals surface area contributed by atoms with Crippen LogP contribution < -0.4 is 0 Å². The summed E-state index contributed by atoms with van der Waals surface area (Å²) in [5.41, 5.74) is 0.439. The van der Waals surface area contributed by atoms with E-state index in [0.29, 0.717) is 48.6 Å². The van der Waals surface area contributed by atoms with Gasteiger partial charge in [-0.1, -0.05) is 44.2 Å². The van der Waals surface area contributed by atoms with Gasteiger partial charge in [-0.05, 0) is 73.7 Å². The molecule has 0 spiro atoms. The maximum absolute atomic E-state index is 13.8. The average Bonchev–Trinajstić information content (AvgIpc) is 2.65. The molecule has 2 atom stereocenters. The van der Waals surface area contributed by atoms with E-state index in [1.807, 2.05) is 35.2 Å². The third-order valence-electron chi connectivity index (χ3n) is 8.72. The second kappa shape index (κ2) is 6.09. The largest absolute Gasteiger partial charge is 0.481 e. The van der Waals surface area contributed by atoms with Crippen molar-refractivity contribution in [1.29, 1.82) is 0 Å². The van der Waals surface area contributed by atoms with E-state index in [0.717, 1.165) is 24.8 Å². The van der Waals surface area contributed by atoms with Crippen molar-refractivity contribution in [1.82, 2.24) is 4.90 Å². The number of nitrogens with zero attached hydrogens (tertiary/aromatic N) is 1. The third-order valence-corrected chi connectivity index (χ3v) is 8.72. The predicted molar refractivity (Wildman–Crippen MR) is 111 cm³/mol. The van der Waals surface area contributed by atoms with Gasteiger partial charge in [0, 0.05) is 13.1 Å².